The van der Waals surface area contributed by atoms with Gasteiger partial charge in [-0.05, 0) is 237 Å². The molecule has 3 aliphatic rings. The van der Waals surface area contributed by atoms with Crippen LogP contribution in [-0.4, -0.2) is 18.5 Å². The number of benzene rings is 11. The fourth-order valence-corrected chi connectivity index (χ4v) is 18.7. The van der Waals surface area contributed by atoms with E-state index in [2.05, 4.69) is 159 Å². The molecule has 14 rings (SSSR count). The summed E-state index contributed by atoms with van der Waals surface area (Å²) < 4.78 is 278. The van der Waals surface area contributed by atoms with Gasteiger partial charge in [-0.15, -0.1) is 0 Å². The predicted molar refractivity (Wildman–Crippen MR) is 600 cm³/mol. The van der Waals surface area contributed by atoms with Crippen LogP contribution in [0.2, 0.25) is 0 Å². The van der Waals surface area contributed by atoms with Crippen molar-refractivity contribution in [2.45, 2.75) is 419 Å². The van der Waals surface area contributed by atoms with Crippen molar-refractivity contribution in [1.29, 1.82) is 0 Å². The highest BCUT2D eigenvalue weighted by atomic mass is 19.4. The predicted octanol–water partition coefficient (Wildman–Crippen LogP) is 43.3. The Morgan fingerprint density at radius 2 is 0.577 bits per heavy atom. The van der Waals surface area contributed by atoms with Crippen LogP contribution in [0.15, 0.2) is 267 Å². The largest absolute Gasteiger partial charge is 0.394 e. The van der Waals surface area contributed by atoms with E-state index in [0.717, 1.165) is 71.8 Å². The van der Waals surface area contributed by atoms with Gasteiger partial charge in [-0.2, -0.15) is 39.5 Å². The number of halogens is 9. The zero-order valence-corrected chi connectivity index (χ0v) is 90.1. The molecule has 0 saturated heterocycles. The van der Waals surface area contributed by atoms with E-state index in [1.807, 2.05) is 100 Å². The molecule has 3 fully saturated rings. The van der Waals surface area contributed by atoms with Crippen LogP contribution in [0, 0.1) is 23.2 Å². The summed E-state index contributed by atoms with van der Waals surface area (Å²) in [4.78, 5) is 0. The van der Waals surface area contributed by atoms with Crippen LogP contribution < -0.4 is 0 Å². The highest BCUT2D eigenvalue weighted by Crippen LogP contribution is 2.53. The second-order valence-electron chi connectivity index (χ2n) is 46.4. The maximum atomic E-state index is 13.8. The lowest BCUT2D eigenvalue weighted by atomic mass is 9.68. The summed E-state index contributed by atoms with van der Waals surface area (Å²) in [6.07, 6.45) is 1.60. The van der Waals surface area contributed by atoms with Gasteiger partial charge >= 0.3 is 18.5 Å². The van der Waals surface area contributed by atoms with Gasteiger partial charge in [-0.25, -0.2) is 0 Å². The summed E-state index contributed by atoms with van der Waals surface area (Å²) in [5.74, 6) is 0.185. The zero-order valence-electron chi connectivity index (χ0n) is 109. The highest BCUT2D eigenvalue weighted by molar-refractivity contribution is 5.80. The lowest BCUT2D eigenvalue weighted by Gasteiger charge is -2.39. The molecule has 0 spiro atoms. The van der Waals surface area contributed by atoms with Crippen LogP contribution >= 0.6 is 0 Å². The van der Waals surface area contributed by atoms with E-state index in [0.29, 0.717) is 27.8 Å². The molecule has 142 heavy (non-hydrogen) atoms. The number of rotatable bonds is 13. The van der Waals surface area contributed by atoms with Gasteiger partial charge in [0, 0.05) is 6.85 Å². The minimum Gasteiger partial charge on any atom is -0.171 e. The molecule has 0 heterocycles. The summed E-state index contributed by atoms with van der Waals surface area (Å²) >= 11 is 0. The van der Waals surface area contributed by atoms with Crippen LogP contribution in [0.25, 0.3) is 44.5 Å². The third-order valence-electron chi connectivity index (χ3n) is 26.6. The quantitative estimate of drug-likeness (QED) is 0.101. The van der Waals surface area contributed by atoms with Crippen molar-refractivity contribution in [2.24, 2.45) is 16.2 Å². The molecule has 0 aromatic heterocycles. The van der Waals surface area contributed by atoms with Gasteiger partial charge in [-0.1, -0.05) is 553 Å². The Bertz CT molecular complexity index is 6450. The molecule has 11 aromatic carbocycles. The molecule has 0 nitrogen and oxygen atoms in total. The average molecular weight is 1970 g/mol. The third-order valence-corrected chi connectivity index (χ3v) is 26.6. The van der Waals surface area contributed by atoms with Crippen LogP contribution in [0.4, 0.5) is 39.5 Å². The Morgan fingerprint density at radius 1 is 0.282 bits per heavy atom. The van der Waals surface area contributed by atoms with Crippen molar-refractivity contribution in [2.75, 3.05) is 0 Å². The van der Waals surface area contributed by atoms with Gasteiger partial charge < -0.3 is 0 Å². The minimum atomic E-state index is -4.91. The molecule has 0 amide bonds. The Labute approximate surface area is 885 Å². The van der Waals surface area contributed by atoms with Gasteiger partial charge in [0.2, 0.25) is 0 Å². The third kappa shape index (κ3) is 34.8. The number of alkyl halides is 9. The average Bonchev–Trinajstić information content (AvgIpc) is 0.712. The lowest BCUT2D eigenvalue weighted by Crippen LogP contribution is -2.38. The first-order valence-corrected chi connectivity index (χ1v) is 50.5. The van der Waals surface area contributed by atoms with E-state index in [1.54, 1.807) is 85.0 Å². The summed E-state index contributed by atoms with van der Waals surface area (Å²) in [6.45, 7) is 54.8. The molecular weight excluding hydrogens is 1770 g/mol. The molecule has 778 valence electrons. The van der Waals surface area contributed by atoms with Crippen LogP contribution in [0.1, 0.15) is 446 Å². The molecule has 1 atom stereocenters. The molecule has 9 heteroatoms. The van der Waals surface area contributed by atoms with Gasteiger partial charge in [0.05, 0.1) is 35.4 Å². The van der Waals surface area contributed by atoms with Crippen molar-refractivity contribution in [1.82, 2.24) is 0 Å². The molecule has 3 saturated carbocycles. The lowest BCUT2D eigenvalue weighted by molar-refractivity contribution is -0.218. The van der Waals surface area contributed by atoms with Crippen molar-refractivity contribution >= 4 is 0 Å². The monoisotopic (exact) mass is 1970 g/mol. The van der Waals surface area contributed by atoms with Crippen molar-refractivity contribution in [3.8, 4) is 44.5 Å². The van der Waals surface area contributed by atoms with Gasteiger partial charge in [0.15, 0.2) is 0 Å². The normalized spacial score (nSPS) is 17.1. The second kappa shape index (κ2) is 52.2. The van der Waals surface area contributed by atoms with E-state index in [1.165, 1.54) is 144 Å². The maximum Gasteiger partial charge on any atom is 0.394 e. The molecule has 0 aliphatic heterocycles. The summed E-state index contributed by atoms with van der Waals surface area (Å²) in [7, 11) is 0. The fraction of sp³-hybridized carbons (Fsp3) is 0.504. The van der Waals surface area contributed by atoms with Gasteiger partial charge in [0.1, 0.15) is 0 Å². The van der Waals surface area contributed by atoms with E-state index in [4.69, 9.17) is 26.0 Å². The molecular formula is C133H183F9. The number of hydrogen-bond acceptors (Lipinski definition) is 0. The standard InChI is InChI=1S/C23H24.C22H34.C21H30F6.C16H24.2C16H18.C15H21F3.C2H6.2CH4/c1-17-13-15-19(16-14-17)21-12-8-11-20(22(21)23(2,3)4)18-9-6-5-7-10-18;1-22(2,3)21-19(17-11-6-4-7-12-17)15-10-16-20(21)18-13-8-5-9-14-18;1-13(19(7,8)21(25,26)27)15-11-9-10-14(16(15)17(2,3)4)12-18(5,6)20(22,23)24;3*1-16(2,3)15-12-8-7-11-14(15)13-9-5-4-6-10-13;1-13(2,3)12-9-7-6-8-11(12)10-14(4,5)15(16,17)18;1-2;;/h5-16H,1-4H3;10,15-18H,4-9,11-14H2,1-3H3;9-11,13H,12H2,1-8H3;7-8,11-13H,4-6,9-10H2,1-3H3;2*4-12H,1-3H3;6-9H,10H2,1-5H3;1-2H3;2*1H4/i5D,6D,7D,9D,10D,13D,14D,15D,16D;;12D2,13D;;4D,5D,6D,9D,10D;;10D2;;;. The van der Waals surface area contributed by atoms with Crippen molar-refractivity contribution in [3.05, 3.63) is 344 Å². The smallest absolute Gasteiger partial charge is 0.171 e. The maximum absolute atomic E-state index is 13.8. The number of hydrogen-bond donors (Lipinski definition) is 0. The van der Waals surface area contributed by atoms with Crippen LogP contribution in [0.5, 0.6) is 0 Å². The molecule has 11 aromatic rings. The highest BCUT2D eigenvalue weighted by Gasteiger charge is 2.53. The van der Waals surface area contributed by atoms with Crippen LogP contribution in [0.3, 0.4) is 0 Å². The fourth-order valence-electron chi connectivity index (χ4n) is 18.7. The first kappa shape index (κ1) is 95.0. The summed E-state index contributed by atoms with van der Waals surface area (Å²) in [6, 6.07) is 54.3. The molecule has 0 bridgehead atoms. The second-order valence-corrected chi connectivity index (χ2v) is 46.4. The Hall–Kier alpha value is -9.21. The van der Waals surface area contributed by atoms with Gasteiger partial charge in [0.25, 0.3) is 0 Å². The van der Waals surface area contributed by atoms with E-state index >= 15 is 0 Å². The molecule has 0 N–H and O–H groups in total. The van der Waals surface area contributed by atoms with Gasteiger partial charge in [-0.3, -0.25) is 0 Å². The molecule has 1 unspecified atom stereocenters. The first-order valence-electron chi connectivity index (χ1n) is 60.0. The molecule has 0 radical (unpaired) electrons. The molecule has 3 aliphatic carbocycles. The van der Waals surface area contributed by atoms with E-state index in [-0.39, 0.29) is 147 Å². The Kier molecular flexibility index (Phi) is 34.9. The minimum absolute atomic E-state index is 0. The zero-order chi connectivity index (χ0) is 121. The van der Waals surface area contributed by atoms with Crippen molar-refractivity contribution in [3.63, 3.8) is 0 Å². The van der Waals surface area contributed by atoms with Crippen LogP contribution in [-0.2, 0) is 50.7 Å². The Balaban J connectivity index is 0.000000331. The van der Waals surface area contributed by atoms with E-state index in [9.17, 15) is 39.5 Å². The first-order chi connectivity index (χ1) is 72.7. The Morgan fingerprint density at radius 3 is 0.958 bits per heavy atom. The van der Waals surface area contributed by atoms with Crippen molar-refractivity contribution < 1.29 is 65.6 Å². The summed E-state index contributed by atoms with van der Waals surface area (Å²) in [5, 5.41) is 0. The van der Waals surface area contributed by atoms with E-state index < -0.39 is 87.8 Å². The topological polar surface area (TPSA) is 0 Å². The summed E-state index contributed by atoms with van der Waals surface area (Å²) in [5.41, 5.74) is 7.01. The SMILES string of the molecule is C.C.CC.CC(C)(C)c1c(C2CCCCC2)cccc1C1CCCCC1.CC(C)(C)c1ccccc1-c1ccccc1.CC(C)(C)c1ccccc1C1CCCCC1.[2H]C([2H])(c1cccc(C([2H])(C)C(C)(C)C(F)(F)F)c1C(C)(C)C)C(C)(C)C(F)(F)F.[2H]C([2H])(c1ccccc1C(C)(C)C)C(C)(C)C(F)(F)F.[2H]c1c([2H])c([2H])c(-c2cccc(-c3c([2H])c([2H])c(C)c([2H])c3[2H])c2C(C)(C)C)c([2H])c1[2H].[2H]c1c([2H])c([2H])c(-c2ccccc2C(C)(C)C)c([2H])c1[2H].